The van der Waals surface area contributed by atoms with Gasteiger partial charge in [-0.3, -0.25) is 10.0 Å². The highest BCUT2D eigenvalue weighted by atomic mass is 16.5. The summed E-state index contributed by atoms with van der Waals surface area (Å²) in [4.78, 5) is 18.0. The fraction of sp³-hybridized carbons (Fsp3) is 0.474. The van der Waals surface area contributed by atoms with Crippen LogP contribution in [0, 0.1) is 0 Å². The maximum atomic E-state index is 12.2. The maximum absolute atomic E-state index is 12.2. The zero-order valence-corrected chi connectivity index (χ0v) is 16.9. The lowest BCUT2D eigenvalue weighted by Gasteiger charge is -2.23. The molecule has 4 N–H and O–H groups in total. The third kappa shape index (κ3) is 6.07. The molecule has 0 radical (unpaired) electrons. The molecular weight excluding hydrogens is 330 g/mol. The smallest absolute Gasteiger partial charge is 0.358 e. The van der Waals surface area contributed by atoms with Crippen LogP contribution in [0.3, 0.4) is 0 Å². The number of rotatable bonds is 4. The van der Waals surface area contributed by atoms with Crippen LogP contribution in [-0.2, 0) is 9.53 Å². The molecule has 1 aliphatic heterocycles. The van der Waals surface area contributed by atoms with Crippen LogP contribution >= 0.6 is 0 Å². The summed E-state index contributed by atoms with van der Waals surface area (Å²) >= 11 is 0. The molecule has 1 saturated heterocycles. The lowest BCUT2D eigenvalue weighted by molar-refractivity contribution is -0.138. The fourth-order valence-electron chi connectivity index (χ4n) is 2.37. The Labute approximate surface area is 157 Å². The number of carbonyl (C=O) groups excluding carboxylic acids is 1. The van der Waals surface area contributed by atoms with E-state index in [9.17, 15) is 4.79 Å². The van der Waals surface area contributed by atoms with Gasteiger partial charge >= 0.3 is 5.97 Å². The molecule has 0 spiro atoms. The van der Waals surface area contributed by atoms with E-state index < -0.39 is 5.97 Å². The van der Waals surface area contributed by atoms with Gasteiger partial charge < -0.3 is 15.4 Å². The number of nitrogens with two attached hydrogens (primary N) is 2. The first kappa shape index (κ1) is 23.5. The van der Waals surface area contributed by atoms with Crippen molar-refractivity contribution in [1.82, 2.24) is 9.91 Å². The van der Waals surface area contributed by atoms with E-state index in [1.54, 1.807) is 18.9 Å². The van der Waals surface area contributed by atoms with Gasteiger partial charge in [-0.05, 0) is 33.6 Å². The van der Waals surface area contributed by atoms with Crippen LogP contribution in [0.2, 0.25) is 0 Å². The minimum absolute atomic E-state index is 0.179. The van der Waals surface area contributed by atoms with E-state index in [1.807, 2.05) is 50.9 Å². The third-order valence-electron chi connectivity index (χ3n) is 3.63. The van der Waals surface area contributed by atoms with Gasteiger partial charge in [0, 0.05) is 19.2 Å². The molecule has 0 atom stereocenters. The average Bonchev–Trinajstić information content (AvgIpc) is 2.74. The molecule has 1 heterocycles. The minimum atomic E-state index is -0.507. The Balaban J connectivity index is 0.00000301. The Kier molecular flexibility index (Phi) is 10.8. The van der Waals surface area contributed by atoms with Crippen molar-refractivity contribution < 1.29 is 9.53 Å². The molecule has 146 valence electrons. The molecule has 0 amide bonds. The number of likely N-dealkylation sites (N-methyl/N-ethyl adjacent to an activating group) is 1. The molecule has 0 aliphatic carbocycles. The van der Waals surface area contributed by atoms with Crippen LogP contribution in [0.1, 0.15) is 41.0 Å². The van der Waals surface area contributed by atoms with Gasteiger partial charge in [-0.1, -0.05) is 26.0 Å². The van der Waals surface area contributed by atoms with Gasteiger partial charge in [0.15, 0.2) is 5.70 Å². The van der Waals surface area contributed by atoms with E-state index in [1.165, 1.54) is 0 Å². The Morgan fingerprint density at radius 1 is 1.38 bits per heavy atom. The normalized spacial score (nSPS) is 20.3. The van der Waals surface area contributed by atoms with Gasteiger partial charge in [0.2, 0.25) is 0 Å². The lowest BCUT2D eigenvalue weighted by atomic mass is 10.1. The summed E-state index contributed by atoms with van der Waals surface area (Å²) in [7, 11) is 1.87. The fourth-order valence-corrected chi connectivity index (χ4v) is 2.37. The van der Waals surface area contributed by atoms with Crippen LogP contribution in [0.15, 0.2) is 51.7 Å². The number of esters is 1. The molecule has 1 rings (SSSR count). The number of allylic oxidation sites excluding steroid dienone is 4. The number of hydrogen-bond acceptors (Lipinski definition) is 7. The van der Waals surface area contributed by atoms with E-state index in [4.69, 9.17) is 16.3 Å². The Morgan fingerprint density at radius 3 is 2.46 bits per heavy atom. The van der Waals surface area contributed by atoms with Crippen molar-refractivity contribution in [2.24, 2.45) is 16.6 Å². The van der Waals surface area contributed by atoms with Gasteiger partial charge in [0.1, 0.15) is 0 Å². The van der Waals surface area contributed by atoms with Gasteiger partial charge in [-0.2, -0.15) is 0 Å². The minimum Gasteiger partial charge on any atom is -0.461 e. The molecule has 0 saturated carbocycles. The number of ether oxygens (including phenoxy) is 1. The first-order valence-corrected chi connectivity index (χ1v) is 8.77. The van der Waals surface area contributed by atoms with E-state index in [-0.39, 0.29) is 12.3 Å². The zero-order chi connectivity index (χ0) is 20.3. The van der Waals surface area contributed by atoms with Crippen molar-refractivity contribution in [3.8, 4) is 0 Å². The van der Waals surface area contributed by atoms with E-state index in [0.29, 0.717) is 30.1 Å². The van der Waals surface area contributed by atoms with Gasteiger partial charge in [-0.25, -0.2) is 10.6 Å². The number of nitrogens with zero attached hydrogens (tertiary/aromatic N) is 3. The molecule has 0 unspecified atom stereocenters. The predicted octanol–water partition coefficient (Wildman–Crippen LogP) is 2.65. The van der Waals surface area contributed by atoms with Crippen LogP contribution in [-0.4, -0.2) is 42.8 Å². The molecule has 1 aliphatic rings. The standard InChI is InChI=1S/C17H27N5O2.C2H6/c1-6-8-9-13-11-21(5)15(10-14(12(3)18)22(13)19)16(20-4)17(23)24-7-2;1-2/h6,8-9H,4,7,10-11,18-19H2,1-3,5H3;1-2H3/b8-6-,13-9+,14-12-,16-15-;. The Morgan fingerprint density at radius 2 is 2.00 bits per heavy atom. The predicted molar refractivity (Wildman–Crippen MR) is 108 cm³/mol. The summed E-state index contributed by atoms with van der Waals surface area (Å²) in [5.41, 5.74) is 8.98. The maximum Gasteiger partial charge on any atom is 0.358 e. The molecule has 7 nitrogen and oxygen atoms in total. The van der Waals surface area contributed by atoms with Crippen molar-refractivity contribution in [3.63, 3.8) is 0 Å². The number of aliphatic imine (C=N–C) groups is 1. The Bertz CT molecular complexity index is 613. The molecule has 0 bridgehead atoms. The molecule has 7 heteroatoms. The van der Waals surface area contributed by atoms with Gasteiger partial charge in [-0.15, -0.1) is 0 Å². The quantitative estimate of drug-likeness (QED) is 0.345. The molecule has 26 heavy (non-hydrogen) atoms. The van der Waals surface area contributed by atoms with Crippen molar-refractivity contribution in [3.05, 3.63) is 46.7 Å². The van der Waals surface area contributed by atoms with Crippen molar-refractivity contribution >= 4 is 12.7 Å². The highest BCUT2D eigenvalue weighted by Crippen LogP contribution is 2.29. The number of hydrogen-bond donors (Lipinski definition) is 2. The largest absolute Gasteiger partial charge is 0.461 e. The number of hydrazine groups is 1. The zero-order valence-electron chi connectivity index (χ0n) is 16.9. The third-order valence-corrected chi connectivity index (χ3v) is 3.63. The van der Waals surface area contributed by atoms with Gasteiger partial charge in [0.05, 0.1) is 30.2 Å². The summed E-state index contributed by atoms with van der Waals surface area (Å²) in [6.07, 6.45) is 6.08. The summed E-state index contributed by atoms with van der Waals surface area (Å²) in [6, 6.07) is 0. The molecular formula is C19H33N5O2. The lowest BCUT2D eigenvalue weighted by Crippen LogP contribution is -2.32. The van der Waals surface area contributed by atoms with E-state index in [0.717, 1.165) is 5.70 Å². The molecule has 0 aromatic rings. The second-order valence-electron chi connectivity index (χ2n) is 5.39. The highest BCUT2D eigenvalue weighted by molar-refractivity contribution is 5.89. The summed E-state index contributed by atoms with van der Waals surface area (Å²) < 4.78 is 5.08. The molecule has 0 aromatic heterocycles. The number of carbonyl (C=O) groups is 1. The second kappa shape index (κ2) is 11.9. The van der Waals surface area contributed by atoms with Crippen molar-refractivity contribution in [1.29, 1.82) is 0 Å². The van der Waals surface area contributed by atoms with Gasteiger partial charge in [0.25, 0.3) is 0 Å². The Hall–Kier alpha value is -2.54. The first-order valence-electron chi connectivity index (χ1n) is 8.77. The van der Waals surface area contributed by atoms with Crippen molar-refractivity contribution in [2.45, 2.75) is 41.0 Å². The average molecular weight is 364 g/mol. The highest BCUT2D eigenvalue weighted by Gasteiger charge is 2.27. The first-order chi connectivity index (χ1) is 12.4. The second-order valence-corrected chi connectivity index (χ2v) is 5.39. The van der Waals surface area contributed by atoms with E-state index >= 15 is 0 Å². The molecule has 0 aromatic carbocycles. The van der Waals surface area contributed by atoms with Crippen LogP contribution < -0.4 is 11.6 Å². The topological polar surface area (TPSA) is 97.2 Å². The van der Waals surface area contributed by atoms with Crippen LogP contribution in [0.4, 0.5) is 0 Å². The van der Waals surface area contributed by atoms with Crippen LogP contribution in [0.5, 0.6) is 0 Å². The SMILES string of the molecule is C=N/C(C(=O)OCC)=C1/C/C(=C(\C)N)N(N)/C(=C/C=C\C)CN1C.CC. The van der Waals surface area contributed by atoms with Crippen molar-refractivity contribution in [2.75, 3.05) is 20.2 Å². The summed E-state index contributed by atoms with van der Waals surface area (Å²) in [5, 5.41) is 1.56. The monoisotopic (exact) mass is 363 g/mol. The van der Waals surface area contributed by atoms with E-state index in [2.05, 4.69) is 11.7 Å². The van der Waals surface area contributed by atoms with Crippen LogP contribution in [0.25, 0.3) is 0 Å². The summed E-state index contributed by atoms with van der Waals surface area (Å²) in [5.74, 6) is 5.74. The molecule has 1 fully saturated rings. The summed E-state index contributed by atoms with van der Waals surface area (Å²) in [6.45, 7) is 13.7.